The summed E-state index contributed by atoms with van der Waals surface area (Å²) in [6.45, 7) is 6.47. The van der Waals surface area contributed by atoms with Gasteiger partial charge in [-0.05, 0) is 37.3 Å². The average molecular weight is 310 g/mol. The van der Waals surface area contributed by atoms with Gasteiger partial charge in [0.15, 0.2) is 0 Å². The minimum absolute atomic E-state index is 0.189. The first-order valence-corrected chi connectivity index (χ1v) is 8.15. The van der Waals surface area contributed by atoms with Crippen molar-refractivity contribution < 1.29 is 13.5 Å². The maximum atomic E-state index is 14.7. The number of piperazine rings is 1. The molecule has 2 saturated heterocycles. The minimum Gasteiger partial charge on any atom is -0.381 e. The lowest BCUT2D eigenvalue weighted by Crippen LogP contribution is -2.48. The van der Waals surface area contributed by atoms with E-state index in [1.54, 1.807) is 6.92 Å². The zero-order chi connectivity index (χ0) is 15.5. The molecule has 2 fully saturated rings. The van der Waals surface area contributed by atoms with Crippen LogP contribution in [0.3, 0.4) is 0 Å². The van der Waals surface area contributed by atoms with Crippen molar-refractivity contribution in [2.24, 2.45) is 5.92 Å². The summed E-state index contributed by atoms with van der Waals surface area (Å²) in [6, 6.07) is 2.74. The lowest BCUT2D eigenvalue weighted by atomic mass is 9.84. The Balaban J connectivity index is 1.98. The summed E-state index contributed by atoms with van der Waals surface area (Å²) < 4.78 is 34.6. The predicted octanol–water partition coefficient (Wildman–Crippen LogP) is 2.65. The van der Waals surface area contributed by atoms with E-state index in [0.717, 1.165) is 39.0 Å². The monoisotopic (exact) mass is 310 g/mol. The van der Waals surface area contributed by atoms with Crippen LogP contribution in [0.2, 0.25) is 0 Å². The summed E-state index contributed by atoms with van der Waals surface area (Å²) in [5.41, 5.74) is 0.775. The molecule has 22 heavy (non-hydrogen) atoms. The maximum absolute atomic E-state index is 14.7. The van der Waals surface area contributed by atoms with Crippen LogP contribution in [0.15, 0.2) is 12.1 Å². The lowest BCUT2D eigenvalue weighted by Gasteiger charge is -2.41. The highest BCUT2D eigenvalue weighted by molar-refractivity contribution is 5.30. The molecule has 1 atom stereocenters. The number of ether oxygens (including phenoxy) is 1. The third kappa shape index (κ3) is 3.16. The van der Waals surface area contributed by atoms with E-state index in [-0.39, 0.29) is 23.3 Å². The quantitative estimate of drug-likeness (QED) is 0.929. The van der Waals surface area contributed by atoms with Gasteiger partial charge in [-0.25, -0.2) is 8.78 Å². The van der Waals surface area contributed by atoms with Gasteiger partial charge in [0.2, 0.25) is 0 Å². The number of aryl methyl sites for hydroxylation is 1. The van der Waals surface area contributed by atoms with Crippen molar-refractivity contribution in [1.29, 1.82) is 0 Å². The molecule has 1 aromatic rings. The van der Waals surface area contributed by atoms with Gasteiger partial charge >= 0.3 is 0 Å². The molecule has 1 aromatic carbocycles. The van der Waals surface area contributed by atoms with Crippen molar-refractivity contribution in [3.8, 4) is 0 Å². The molecule has 1 N–H and O–H groups in total. The molecule has 0 aromatic heterocycles. The summed E-state index contributed by atoms with van der Waals surface area (Å²) in [4.78, 5) is 2.24. The average Bonchev–Trinajstić information content (AvgIpc) is 2.57. The van der Waals surface area contributed by atoms with Gasteiger partial charge in [-0.3, -0.25) is 4.90 Å². The number of rotatable bonds is 3. The summed E-state index contributed by atoms with van der Waals surface area (Å²) in [6.07, 6.45) is 1.73. The highest BCUT2D eigenvalue weighted by atomic mass is 19.1. The molecule has 2 aliphatic rings. The van der Waals surface area contributed by atoms with Crippen molar-refractivity contribution in [2.75, 3.05) is 39.4 Å². The summed E-state index contributed by atoms with van der Waals surface area (Å²) in [7, 11) is 0. The van der Waals surface area contributed by atoms with Crippen molar-refractivity contribution in [2.45, 2.75) is 25.8 Å². The molecular weight excluding hydrogens is 286 g/mol. The second-order valence-corrected chi connectivity index (χ2v) is 6.27. The van der Waals surface area contributed by atoms with E-state index in [4.69, 9.17) is 4.74 Å². The van der Waals surface area contributed by atoms with Crippen molar-refractivity contribution in [3.05, 3.63) is 34.9 Å². The van der Waals surface area contributed by atoms with E-state index >= 15 is 0 Å². The van der Waals surface area contributed by atoms with Crippen LogP contribution in [0.5, 0.6) is 0 Å². The topological polar surface area (TPSA) is 24.5 Å². The number of hydrogen-bond donors (Lipinski definition) is 1. The molecule has 0 saturated carbocycles. The Morgan fingerprint density at radius 1 is 1.18 bits per heavy atom. The van der Waals surface area contributed by atoms with Crippen LogP contribution >= 0.6 is 0 Å². The van der Waals surface area contributed by atoms with Crippen LogP contribution in [-0.4, -0.2) is 44.3 Å². The first-order chi connectivity index (χ1) is 10.7. The lowest BCUT2D eigenvalue weighted by molar-refractivity contribution is 0.0191. The second-order valence-electron chi connectivity index (χ2n) is 6.27. The van der Waals surface area contributed by atoms with Crippen LogP contribution < -0.4 is 5.32 Å². The van der Waals surface area contributed by atoms with E-state index in [2.05, 4.69) is 10.2 Å². The number of hydrogen-bond acceptors (Lipinski definition) is 3. The molecule has 0 amide bonds. The fraction of sp³-hybridized carbons (Fsp3) is 0.647. The zero-order valence-corrected chi connectivity index (χ0v) is 13.1. The molecule has 0 bridgehead atoms. The smallest absolute Gasteiger partial charge is 0.133 e. The van der Waals surface area contributed by atoms with Crippen LogP contribution in [0.1, 0.15) is 30.0 Å². The second kappa shape index (κ2) is 7.02. The largest absolute Gasteiger partial charge is 0.381 e. The molecule has 122 valence electrons. The highest BCUT2D eigenvalue weighted by Crippen LogP contribution is 2.38. The van der Waals surface area contributed by atoms with Gasteiger partial charge in [-0.1, -0.05) is 6.07 Å². The Labute approximate surface area is 130 Å². The van der Waals surface area contributed by atoms with Crippen LogP contribution in [0.25, 0.3) is 0 Å². The number of nitrogens with zero attached hydrogens (tertiary/aromatic N) is 1. The van der Waals surface area contributed by atoms with Crippen LogP contribution in [0.4, 0.5) is 8.78 Å². The van der Waals surface area contributed by atoms with Crippen molar-refractivity contribution >= 4 is 0 Å². The minimum atomic E-state index is -0.418. The standard InChI is InChI=1S/C17H24F2N2O/c1-12-2-3-14(18)15(16(12)19)17(13-4-10-22-11-5-13)21-8-6-20-7-9-21/h2-3,13,17,20H,4-11H2,1H3/t17-/m0/s1. The Hall–Kier alpha value is -1.04. The fourth-order valence-corrected chi connectivity index (χ4v) is 3.66. The molecular formula is C17H24F2N2O. The van der Waals surface area contributed by atoms with Gasteiger partial charge in [-0.2, -0.15) is 0 Å². The van der Waals surface area contributed by atoms with E-state index in [0.29, 0.717) is 18.8 Å². The third-order valence-corrected chi connectivity index (χ3v) is 4.87. The highest BCUT2D eigenvalue weighted by Gasteiger charge is 2.35. The Bertz CT molecular complexity index is 494. The fourth-order valence-electron chi connectivity index (χ4n) is 3.66. The van der Waals surface area contributed by atoms with E-state index in [9.17, 15) is 8.78 Å². The molecule has 0 spiro atoms. The van der Waals surface area contributed by atoms with Crippen LogP contribution in [0, 0.1) is 24.5 Å². The van der Waals surface area contributed by atoms with Gasteiger partial charge in [-0.15, -0.1) is 0 Å². The van der Waals surface area contributed by atoms with Gasteiger partial charge in [0, 0.05) is 51.0 Å². The molecule has 3 rings (SSSR count). The maximum Gasteiger partial charge on any atom is 0.133 e. The predicted molar refractivity (Wildman–Crippen MR) is 81.8 cm³/mol. The van der Waals surface area contributed by atoms with Gasteiger partial charge in [0.1, 0.15) is 11.6 Å². The summed E-state index contributed by atoms with van der Waals surface area (Å²) >= 11 is 0. The number of nitrogens with one attached hydrogen (secondary N) is 1. The van der Waals surface area contributed by atoms with Gasteiger partial charge in [0.25, 0.3) is 0 Å². The Morgan fingerprint density at radius 3 is 2.55 bits per heavy atom. The SMILES string of the molecule is Cc1ccc(F)c([C@H](C2CCOCC2)N2CCNCC2)c1F. The normalized spacial score (nSPS) is 22.7. The van der Waals surface area contributed by atoms with Crippen molar-refractivity contribution in [3.63, 3.8) is 0 Å². The molecule has 2 aliphatic heterocycles. The molecule has 0 aliphatic carbocycles. The Morgan fingerprint density at radius 2 is 1.86 bits per heavy atom. The zero-order valence-electron chi connectivity index (χ0n) is 13.1. The number of halogens is 2. The third-order valence-electron chi connectivity index (χ3n) is 4.87. The summed E-state index contributed by atoms with van der Waals surface area (Å²) in [5.74, 6) is -0.550. The molecule has 0 radical (unpaired) electrons. The first kappa shape index (κ1) is 15.8. The van der Waals surface area contributed by atoms with E-state index in [1.165, 1.54) is 12.1 Å². The van der Waals surface area contributed by atoms with Crippen LogP contribution in [-0.2, 0) is 4.74 Å². The summed E-state index contributed by atoms with van der Waals surface area (Å²) in [5, 5.41) is 3.31. The molecule has 5 heteroatoms. The molecule has 2 heterocycles. The van der Waals surface area contributed by atoms with Gasteiger partial charge in [0.05, 0.1) is 0 Å². The van der Waals surface area contributed by atoms with E-state index < -0.39 is 5.82 Å². The Kier molecular flexibility index (Phi) is 5.06. The molecule has 3 nitrogen and oxygen atoms in total. The van der Waals surface area contributed by atoms with E-state index in [1.807, 2.05) is 0 Å². The van der Waals surface area contributed by atoms with Gasteiger partial charge < -0.3 is 10.1 Å². The molecule has 0 unspecified atom stereocenters. The van der Waals surface area contributed by atoms with Crippen molar-refractivity contribution in [1.82, 2.24) is 10.2 Å². The number of benzene rings is 1. The first-order valence-electron chi connectivity index (χ1n) is 8.15.